The van der Waals surface area contributed by atoms with Crippen LogP contribution in [0.1, 0.15) is 11.8 Å². The summed E-state index contributed by atoms with van der Waals surface area (Å²) in [7, 11) is 0. The van der Waals surface area contributed by atoms with Crippen molar-refractivity contribution in [3.8, 4) is 0 Å². The fourth-order valence-corrected chi connectivity index (χ4v) is 1.22. The van der Waals surface area contributed by atoms with Gasteiger partial charge in [-0.1, -0.05) is 0 Å². The van der Waals surface area contributed by atoms with E-state index in [9.17, 15) is 14.9 Å². The first kappa shape index (κ1) is 14.2. The second-order valence-corrected chi connectivity index (χ2v) is 3.61. The van der Waals surface area contributed by atoms with E-state index in [0.717, 1.165) is 0 Å². The van der Waals surface area contributed by atoms with Crippen LogP contribution >= 0.6 is 11.6 Å². The molecule has 1 atom stereocenters. The van der Waals surface area contributed by atoms with Crippen molar-refractivity contribution in [1.29, 1.82) is 0 Å². The van der Waals surface area contributed by atoms with Crippen molar-refractivity contribution in [2.24, 2.45) is 0 Å². The van der Waals surface area contributed by atoms with E-state index >= 15 is 0 Å². The van der Waals surface area contributed by atoms with Crippen LogP contribution in [0.3, 0.4) is 0 Å². The molecule has 1 aromatic carbocycles. The molecule has 7 nitrogen and oxygen atoms in total. The van der Waals surface area contributed by atoms with Crippen molar-refractivity contribution in [1.82, 2.24) is 0 Å². The molecule has 0 aromatic heterocycles. The number of benzene rings is 1. The summed E-state index contributed by atoms with van der Waals surface area (Å²) < 4.78 is 4.67. The third kappa shape index (κ3) is 4.19. The monoisotopic (exact) mass is 274 g/mol. The summed E-state index contributed by atoms with van der Waals surface area (Å²) in [5, 5.41) is 21.9. The Hall–Kier alpha value is -1.86. The van der Waals surface area contributed by atoms with Gasteiger partial charge in [0.05, 0.1) is 16.4 Å². The van der Waals surface area contributed by atoms with Crippen molar-refractivity contribution in [3.63, 3.8) is 0 Å². The molecule has 1 rings (SSSR count). The van der Waals surface area contributed by atoms with Crippen molar-refractivity contribution < 1.29 is 19.6 Å². The van der Waals surface area contributed by atoms with Crippen LogP contribution in [0.5, 0.6) is 0 Å². The smallest absolute Gasteiger partial charge is 0.411 e. The van der Waals surface area contributed by atoms with E-state index in [-0.39, 0.29) is 18.1 Å². The number of anilines is 1. The van der Waals surface area contributed by atoms with Crippen molar-refractivity contribution in [3.05, 3.63) is 39.9 Å². The highest BCUT2D eigenvalue weighted by Crippen LogP contribution is 2.16. The Labute approximate surface area is 107 Å². The molecule has 0 saturated heterocycles. The third-order valence-corrected chi connectivity index (χ3v) is 2.12. The van der Waals surface area contributed by atoms with Gasteiger partial charge in [-0.05, 0) is 24.3 Å². The average molecular weight is 275 g/mol. The molecule has 1 amide bonds. The molecule has 0 aliphatic rings. The quantitative estimate of drug-likeness (QED) is 0.368. The highest BCUT2D eigenvalue weighted by Gasteiger charge is 2.17. The van der Waals surface area contributed by atoms with E-state index < -0.39 is 17.2 Å². The van der Waals surface area contributed by atoms with Gasteiger partial charge in [0.15, 0.2) is 0 Å². The fourth-order valence-electron chi connectivity index (χ4n) is 1.15. The Morgan fingerprint density at radius 3 is 2.61 bits per heavy atom. The van der Waals surface area contributed by atoms with Gasteiger partial charge in [0.25, 0.3) is 0 Å². The molecule has 18 heavy (non-hydrogen) atoms. The Bertz CT molecular complexity index is 423. The first-order chi connectivity index (χ1) is 8.54. The second-order valence-electron chi connectivity index (χ2n) is 3.23. The highest BCUT2D eigenvalue weighted by atomic mass is 35.5. The minimum atomic E-state index is -1.78. The molecular formula is C10H11ClN2O5. The summed E-state index contributed by atoms with van der Waals surface area (Å²) in [5.74, 6) is 0.196. The molecule has 0 spiro atoms. The predicted octanol–water partition coefficient (Wildman–Crippen LogP) is 1.74. The van der Waals surface area contributed by atoms with Crippen LogP contribution in [0.4, 0.5) is 10.5 Å². The van der Waals surface area contributed by atoms with Gasteiger partial charge in [0.2, 0.25) is 0 Å². The van der Waals surface area contributed by atoms with Crippen LogP contribution in [0.25, 0.3) is 0 Å². The topological polar surface area (TPSA) is 102 Å². The van der Waals surface area contributed by atoms with E-state index in [1.165, 1.54) is 24.3 Å². The molecule has 0 aliphatic carbocycles. The summed E-state index contributed by atoms with van der Waals surface area (Å²) >= 11 is 5.34. The van der Waals surface area contributed by atoms with E-state index in [4.69, 9.17) is 16.7 Å². The lowest BCUT2D eigenvalue weighted by molar-refractivity contribution is -0.578. The Kier molecular flexibility index (Phi) is 5.34. The molecule has 98 valence electrons. The van der Waals surface area contributed by atoms with Gasteiger partial charge in [-0.25, -0.2) is 4.79 Å². The molecule has 1 unspecified atom stereocenters. The molecule has 0 saturated carbocycles. The predicted molar refractivity (Wildman–Crippen MR) is 64.1 cm³/mol. The Morgan fingerprint density at radius 1 is 1.50 bits per heavy atom. The van der Waals surface area contributed by atoms with Crippen molar-refractivity contribution in [2.75, 3.05) is 17.8 Å². The van der Waals surface area contributed by atoms with Crippen LogP contribution in [0, 0.1) is 10.1 Å². The number of nitro groups is 1. The van der Waals surface area contributed by atoms with Gasteiger partial charge in [0.1, 0.15) is 6.61 Å². The molecule has 0 fully saturated rings. The zero-order valence-electron chi connectivity index (χ0n) is 9.21. The maximum atomic E-state index is 11.1. The fraction of sp³-hybridized carbons (Fsp3) is 0.300. The molecular weight excluding hydrogens is 264 g/mol. The van der Waals surface area contributed by atoms with Crippen molar-refractivity contribution >= 4 is 23.4 Å². The van der Waals surface area contributed by atoms with Crippen LogP contribution < -0.4 is 5.32 Å². The second kappa shape index (κ2) is 6.77. The highest BCUT2D eigenvalue weighted by molar-refractivity contribution is 6.18. The molecule has 0 heterocycles. The van der Waals surface area contributed by atoms with Crippen LogP contribution in [0.2, 0.25) is 0 Å². The summed E-state index contributed by atoms with van der Waals surface area (Å²) in [6.45, 7) is 0.0888. The number of carbonyl (C=O) groups is 1. The summed E-state index contributed by atoms with van der Waals surface area (Å²) in [4.78, 5) is 20.7. The average Bonchev–Trinajstić information content (AvgIpc) is 2.36. The number of amides is 1. The number of aliphatic hydroxyl groups excluding tert-OH is 1. The van der Waals surface area contributed by atoms with Gasteiger partial charge < -0.3 is 9.84 Å². The lowest BCUT2D eigenvalue weighted by atomic mass is 10.2. The molecule has 0 radical (unpaired) electrons. The number of halogens is 1. The standard InChI is InChI=1S/C10H11ClN2O5/c11-5-6-18-10(15)12-8-3-1-7(2-4-8)9(14)13(16)17/h1-4,9,14H,5-6H2,(H,12,15). The first-order valence-corrected chi connectivity index (χ1v) is 5.49. The lowest BCUT2D eigenvalue weighted by Crippen LogP contribution is -2.15. The number of rotatable bonds is 5. The zero-order chi connectivity index (χ0) is 13.5. The van der Waals surface area contributed by atoms with Crippen LogP contribution in [-0.2, 0) is 4.74 Å². The first-order valence-electron chi connectivity index (χ1n) is 4.96. The number of alkyl halides is 1. The molecule has 8 heteroatoms. The number of ether oxygens (including phenoxy) is 1. The summed E-state index contributed by atoms with van der Waals surface area (Å²) in [6, 6.07) is 5.52. The number of hydrogen-bond donors (Lipinski definition) is 2. The van der Waals surface area contributed by atoms with E-state index in [1.54, 1.807) is 0 Å². The largest absolute Gasteiger partial charge is 0.448 e. The number of nitrogens with zero attached hydrogens (tertiary/aromatic N) is 1. The SMILES string of the molecule is O=C(Nc1ccc(C(O)[N+](=O)[O-])cc1)OCCCl. The summed E-state index contributed by atoms with van der Waals surface area (Å²) in [6.07, 6.45) is -2.44. The maximum Gasteiger partial charge on any atom is 0.411 e. The third-order valence-electron chi connectivity index (χ3n) is 1.97. The number of hydrogen-bond acceptors (Lipinski definition) is 5. The Balaban J connectivity index is 2.60. The Morgan fingerprint density at radius 2 is 2.11 bits per heavy atom. The van der Waals surface area contributed by atoms with Crippen molar-refractivity contribution in [2.45, 2.75) is 6.23 Å². The van der Waals surface area contributed by atoms with Gasteiger partial charge >= 0.3 is 12.3 Å². The van der Waals surface area contributed by atoms with Gasteiger partial charge in [-0.2, -0.15) is 0 Å². The molecule has 1 aromatic rings. The minimum Gasteiger partial charge on any atom is -0.448 e. The number of nitrogens with one attached hydrogen (secondary N) is 1. The van der Waals surface area contributed by atoms with Gasteiger partial charge in [-0.15, -0.1) is 11.6 Å². The number of carbonyl (C=O) groups excluding carboxylic acids is 1. The van der Waals surface area contributed by atoms with Crippen LogP contribution in [0.15, 0.2) is 24.3 Å². The minimum absolute atomic E-state index is 0.0888. The molecule has 0 bridgehead atoms. The zero-order valence-corrected chi connectivity index (χ0v) is 9.96. The van der Waals surface area contributed by atoms with E-state index in [1.807, 2.05) is 0 Å². The molecule has 2 N–H and O–H groups in total. The molecule has 0 aliphatic heterocycles. The van der Waals surface area contributed by atoms with E-state index in [2.05, 4.69) is 10.1 Å². The lowest BCUT2D eigenvalue weighted by Gasteiger charge is -2.07. The number of aliphatic hydroxyl groups is 1. The van der Waals surface area contributed by atoms with Gasteiger partial charge in [0, 0.05) is 5.69 Å². The van der Waals surface area contributed by atoms with E-state index in [0.29, 0.717) is 5.69 Å². The normalized spacial score (nSPS) is 11.7. The van der Waals surface area contributed by atoms with Gasteiger partial charge in [-0.3, -0.25) is 15.4 Å². The van der Waals surface area contributed by atoms with Crippen LogP contribution in [-0.4, -0.2) is 28.6 Å². The summed E-state index contributed by atoms with van der Waals surface area (Å²) in [5.41, 5.74) is 0.522. The maximum absolute atomic E-state index is 11.1.